The van der Waals surface area contributed by atoms with Gasteiger partial charge in [-0.1, -0.05) is 15.9 Å². The molecule has 2 aliphatic rings. The lowest BCUT2D eigenvalue weighted by molar-refractivity contribution is -0.137. The third-order valence-electron chi connectivity index (χ3n) is 4.05. The van der Waals surface area contributed by atoms with E-state index in [4.69, 9.17) is 5.11 Å². The first kappa shape index (κ1) is 14.5. The predicted molar refractivity (Wildman–Crippen MR) is 73.5 cm³/mol. The first-order valence-corrected chi connectivity index (χ1v) is 7.21. The summed E-state index contributed by atoms with van der Waals surface area (Å²) in [4.78, 5) is 12.3. The van der Waals surface area contributed by atoms with Crippen molar-refractivity contribution >= 4 is 27.7 Å². The van der Waals surface area contributed by atoms with E-state index < -0.39 is 17.8 Å². The summed E-state index contributed by atoms with van der Waals surface area (Å²) >= 11 is 3.11. The van der Waals surface area contributed by atoms with E-state index in [-0.39, 0.29) is 24.2 Å². The van der Waals surface area contributed by atoms with Crippen LogP contribution in [0.5, 0.6) is 0 Å². The van der Waals surface area contributed by atoms with Gasteiger partial charge in [-0.3, -0.25) is 0 Å². The summed E-state index contributed by atoms with van der Waals surface area (Å²) in [7, 11) is 0. The van der Waals surface area contributed by atoms with Crippen molar-refractivity contribution in [1.82, 2.24) is 4.90 Å². The van der Waals surface area contributed by atoms with Crippen molar-refractivity contribution in [2.75, 3.05) is 18.4 Å². The van der Waals surface area contributed by atoms with E-state index in [0.717, 1.165) is 6.07 Å². The smallest absolute Gasteiger partial charge is 0.418 e. The van der Waals surface area contributed by atoms with Crippen molar-refractivity contribution in [3.05, 3.63) is 27.7 Å². The monoisotopic (exact) mass is 364 g/mol. The molecule has 2 N–H and O–H groups in total. The minimum Gasteiger partial charge on any atom is -0.465 e. The minimum absolute atomic E-state index is 0.0907. The van der Waals surface area contributed by atoms with Crippen LogP contribution in [0.2, 0.25) is 0 Å². The average molecular weight is 365 g/mol. The van der Waals surface area contributed by atoms with Gasteiger partial charge in [-0.25, -0.2) is 4.79 Å². The number of rotatable bonds is 0. The molecule has 3 rings (SSSR count). The maximum absolute atomic E-state index is 13.1. The number of nitrogens with one attached hydrogen (secondary N) is 1. The molecule has 8 heteroatoms. The highest BCUT2D eigenvalue weighted by molar-refractivity contribution is 9.10. The summed E-state index contributed by atoms with van der Waals surface area (Å²) in [6, 6.07) is 2.55. The van der Waals surface area contributed by atoms with Gasteiger partial charge in [-0.05, 0) is 24.1 Å². The zero-order valence-electron chi connectivity index (χ0n) is 10.7. The van der Waals surface area contributed by atoms with Crippen LogP contribution in [0.15, 0.2) is 16.6 Å². The van der Waals surface area contributed by atoms with E-state index in [1.165, 1.54) is 4.90 Å². The van der Waals surface area contributed by atoms with Gasteiger partial charge < -0.3 is 15.3 Å². The number of carboxylic acid groups (broad SMARTS) is 1. The number of amides is 1. The lowest BCUT2D eigenvalue weighted by Gasteiger charge is -2.33. The van der Waals surface area contributed by atoms with Crippen LogP contribution >= 0.6 is 15.9 Å². The number of likely N-dealkylation sites (tertiary alicyclic amines) is 1. The number of anilines is 1. The number of nitrogens with zero attached hydrogens (tertiary/aromatic N) is 1. The quantitative estimate of drug-likeness (QED) is 0.737. The summed E-state index contributed by atoms with van der Waals surface area (Å²) in [6.45, 7) is 0.549. The molecule has 1 fully saturated rings. The molecule has 1 amide bonds. The van der Waals surface area contributed by atoms with Gasteiger partial charge in [-0.15, -0.1) is 0 Å². The first-order chi connectivity index (χ1) is 9.77. The molecule has 0 bridgehead atoms. The van der Waals surface area contributed by atoms with Crippen LogP contribution in [0, 0.1) is 0 Å². The molecule has 0 saturated carbocycles. The normalized spacial score (nSPS) is 24.3. The maximum atomic E-state index is 13.1. The summed E-state index contributed by atoms with van der Waals surface area (Å²) in [6.07, 6.45) is -4.98. The van der Waals surface area contributed by atoms with E-state index in [9.17, 15) is 18.0 Å². The standard InChI is InChI=1S/C13H12BrF3N2O2/c14-6-3-7-8-5-19(12(20)21)2-1-10(8)18-11(7)9(4-6)13(15,16)17/h3-4,8,10,18H,1-2,5H2,(H,20,21)/t8-,10-/m0/s1. The molecule has 0 aromatic heterocycles. The lowest BCUT2D eigenvalue weighted by atomic mass is 9.89. The Balaban J connectivity index is 2.03. The number of hydrogen-bond acceptors (Lipinski definition) is 2. The molecule has 0 unspecified atom stereocenters. The average Bonchev–Trinajstić information content (AvgIpc) is 2.74. The maximum Gasteiger partial charge on any atom is 0.418 e. The van der Waals surface area contributed by atoms with Crippen molar-refractivity contribution in [1.29, 1.82) is 0 Å². The van der Waals surface area contributed by atoms with Gasteiger partial charge in [0.2, 0.25) is 0 Å². The molecule has 0 aliphatic carbocycles. The largest absolute Gasteiger partial charge is 0.465 e. The molecule has 114 valence electrons. The molecule has 1 aromatic carbocycles. The van der Waals surface area contributed by atoms with Crippen LogP contribution in [0.4, 0.5) is 23.7 Å². The van der Waals surface area contributed by atoms with E-state index in [0.29, 0.717) is 23.0 Å². The summed E-state index contributed by atoms with van der Waals surface area (Å²) in [5, 5.41) is 12.0. The van der Waals surface area contributed by atoms with Gasteiger partial charge in [0.1, 0.15) is 0 Å². The van der Waals surface area contributed by atoms with Crippen molar-refractivity contribution in [2.24, 2.45) is 0 Å². The Morgan fingerprint density at radius 2 is 2.14 bits per heavy atom. The fraction of sp³-hybridized carbons (Fsp3) is 0.462. The first-order valence-electron chi connectivity index (χ1n) is 6.42. The predicted octanol–water partition coefficient (Wildman–Crippen LogP) is 3.73. The second-order valence-electron chi connectivity index (χ2n) is 5.29. The van der Waals surface area contributed by atoms with Crippen LogP contribution in [-0.2, 0) is 6.18 Å². The second kappa shape index (κ2) is 4.79. The number of benzene rings is 1. The van der Waals surface area contributed by atoms with Crippen molar-refractivity contribution < 1.29 is 23.1 Å². The molecular formula is C13H12BrF3N2O2. The topological polar surface area (TPSA) is 52.6 Å². The Morgan fingerprint density at radius 1 is 1.43 bits per heavy atom. The number of alkyl halides is 3. The Morgan fingerprint density at radius 3 is 2.76 bits per heavy atom. The van der Waals surface area contributed by atoms with Crippen molar-refractivity contribution in [2.45, 2.75) is 24.6 Å². The van der Waals surface area contributed by atoms with Crippen LogP contribution in [0.3, 0.4) is 0 Å². The van der Waals surface area contributed by atoms with Gasteiger partial charge in [-0.2, -0.15) is 13.2 Å². The Bertz CT molecular complexity index is 606. The van der Waals surface area contributed by atoms with Crippen LogP contribution in [0.25, 0.3) is 0 Å². The van der Waals surface area contributed by atoms with Gasteiger partial charge >= 0.3 is 12.3 Å². The minimum atomic E-state index is -4.44. The van der Waals surface area contributed by atoms with Gasteiger partial charge in [0.05, 0.1) is 11.3 Å². The highest BCUT2D eigenvalue weighted by Crippen LogP contribution is 2.47. The fourth-order valence-corrected chi connectivity index (χ4v) is 3.58. The third kappa shape index (κ3) is 2.45. The molecule has 2 atom stereocenters. The van der Waals surface area contributed by atoms with Crippen molar-refractivity contribution in [3.63, 3.8) is 0 Å². The van der Waals surface area contributed by atoms with E-state index >= 15 is 0 Å². The zero-order chi connectivity index (χ0) is 15.4. The van der Waals surface area contributed by atoms with Gasteiger partial charge in [0.25, 0.3) is 0 Å². The molecular weight excluding hydrogens is 353 g/mol. The summed E-state index contributed by atoms with van der Waals surface area (Å²) < 4.78 is 39.8. The highest BCUT2D eigenvalue weighted by Gasteiger charge is 2.43. The Kier molecular flexibility index (Phi) is 3.31. The highest BCUT2D eigenvalue weighted by atomic mass is 79.9. The molecule has 1 aromatic rings. The third-order valence-corrected chi connectivity index (χ3v) is 4.51. The van der Waals surface area contributed by atoms with Crippen LogP contribution < -0.4 is 5.32 Å². The van der Waals surface area contributed by atoms with Gasteiger partial charge in [0.15, 0.2) is 0 Å². The Labute approximate surface area is 127 Å². The zero-order valence-corrected chi connectivity index (χ0v) is 12.3. The van der Waals surface area contributed by atoms with E-state index in [1.54, 1.807) is 6.07 Å². The molecule has 0 spiro atoms. The summed E-state index contributed by atoms with van der Waals surface area (Å²) in [5.41, 5.74) is -0.0799. The number of halogens is 4. The number of fused-ring (bicyclic) bond motifs is 3. The molecule has 21 heavy (non-hydrogen) atoms. The number of hydrogen-bond donors (Lipinski definition) is 2. The van der Waals surface area contributed by atoms with E-state index in [1.807, 2.05) is 0 Å². The number of carbonyl (C=O) groups is 1. The van der Waals surface area contributed by atoms with Crippen LogP contribution in [0.1, 0.15) is 23.5 Å². The number of piperidine rings is 1. The molecule has 2 heterocycles. The summed E-state index contributed by atoms with van der Waals surface area (Å²) in [5.74, 6) is -0.247. The van der Waals surface area contributed by atoms with Crippen molar-refractivity contribution in [3.8, 4) is 0 Å². The van der Waals surface area contributed by atoms with Crippen LogP contribution in [-0.4, -0.2) is 35.2 Å². The second-order valence-corrected chi connectivity index (χ2v) is 6.21. The molecule has 0 radical (unpaired) electrons. The van der Waals surface area contributed by atoms with Gasteiger partial charge in [0, 0.05) is 29.5 Å². The molecule has 4 nitrogen and oxygen atoms in total. The molecule has 2 aliphatic heterocycles. The molecule has 1 saturated heterocycles. The fourth-order valence-electron chi connectivity index (χ4n) is 3.10. The SMILES string of the molecule is O=C(O)N1CC[C@@H]2Nc3c(cc(Br)cc3C(F)(F)F)[C@@H]2C1. The Hall–Kier alpha value is -1.44. The lowest BCUT2D eigenvalue weighted by Crippen LogP contribution is -2.44. The van der Waals surface area contributed by atoms with E-state index in [2.05, 4.69) is 21.2 Å².